The van der Waals surface area contributed by atoms with Crippen molar-refractivity contribution in [2.24, 2.45) is 4.99 Å². The van der Waals surface area contributed by atoms with E-state index < -0.39 is 15.5 Å². The quantitative estimate of drug-likeness (QED) is 0.342. The molecular weight excluding hydrogens is 516 g/mol. The van der Waals surface area contributed by atoms with Crippen molar-refractivity contribution in [1.82, 2.24) is 14.9 Å². The normalized spacial score (nSPS) is 17.4. The predicted octanol–water partition coefficient (Wildman–Crippen LogP) is 3.04. The van der Waals surface area contributed by atoms with Gasteiger partial charge < -0.3 is 10.6 Å². The average molecular weight is 540 g/mol. The third kappa shape index (κ3) is 6.75. The third-order valence-electron chi connectivity index (χ3n) is 3.96. The average Bonchev–Trinajstić information content (AvgIpc) is 2.98. The van der Waals surface area contributed by atoms with Crippen LogP contribution in [0.5, 0.6) is 0 Å². The molecule has 1 aliphatic heterocycles. The van der Waals surface area contributed by atoms with Crippen LogP contribution in [-0.2, 0) is 16.6 Å². The highest BCUT2D eigenvalue weighted by Gasteiger charge is 2.50. The number of aryl methyl sites for hydroxylation is 1. The van der Waals surface area contributed by atoms with Crippen LogP contribution in [0.2, 0.25) is 0 Å². The molecule has 1 aliphatic rings. The van der Waals surface area contributed by atoms with E-state index in [0.717, 1.165) is 4.88 Å². The van der Waals surface area contributed by atoms with Crippen LogP contribution >= 0.6 is 35.3 Å². The highest BCUT2D eigenvalue weighted by Crippen LogP contribution is 2.28. The fourth-order valence-electron chi connectivity index (χ4n) is 2.63. The number of nitrogens with one attached hydrogen (secondary N) is 2. The fourth-order valence-corrected chi connectivity index (χ4v) is 4.43. The molecule has 0 aliphatic carbocycles. The molecule has 0 atom stereocenters. The zero-order chi connectivity index (χ0) is 19.4. The smallest absolute Gasteiger partial charge is 0.357 e. The van der Waals surface area contributed by atoms with Gasteiger partial charge in [-0.15, -0.1) is 35.3 Å². The van der Waals surface area contributed by atoms with E-state index in [4.69, 9.17) is 0 Å². The van der Waals surface area contributed by atoms with Crippen molar-refractivity contribution in [1.29, 1.82) is 0 Å². The van der Waals surface area contributed by atoms with Gasteiger partial charge in [0.1, 0.15) is 0 Å². The van der Waals surface area contributed by atoms with Gasteiger partial charge in [0, 0.05) is 35.4 Å². The molecule has 0 spiro atoms. The summed E-state index contributed by atoms with van der Waals surface area (Å²) in [6, 6.07) is 3.90. The van der Waals surface area contributed by atoms with Crippen molar-refractivity contribution < 1.29 is 21.6 Å². The van der Waals surface area contributed by atoms with Crippen LogP contribution < -0.4 is 10.6 Å². The van der Waals surface area contributed by atoms with Crippen molar-refractivity contribution in [2.75, 3.05) is 19.6 Å². The third-order valence-corrected chi connectivity index (χ3v) is 6.58. The van der Waals surface area contributed by atoms with E-state index in [0.29, 0.717) is 23.4 Å². The van der Waals surface area contributed by atoms with E-state index in [2.05, 4.69) is 15.6 Å². The van der Waals surface area contributed by atoms with E-state index in [-0.39, 0.29) is 55.9 Å². The molecule has 2 N–H and O–H groups in total. The van der Waals surface area contributed by atoms with Gasteiger partial charge in [-0.05, 0) is 38.8 Å². The van der Waals surface area contributed by atoms with Gasteiger partial charge in [0.25, 0.3) is 0 Å². The Hall–Kier alpha value is -0.600. The van der Waals surface area contributed by atoms with Crippen molar-refractivity contribution in [3.63, 3.8) is 0 Å². The fraction of sp³-hybridized carbons (Fsp3) is 0.667. The van der Waals surface area contributed by atoms with Gasteiger partial charge in [-0.2, -0.15) is 17.5 Å². The number of rotatable bonds is 5. The number of sulfonamides is 1. The summed E-state index contributed by atoms with van der Waals surface area (Å²) in [6.07, 6.45) is 0.579. The van der Waals surface area contributed by atoms with Crippen LogP contribution in [-0.4, -0.2) is 49.9 Å². The summed E-state index contributed by atoms with van der Waals surface area (Å²) in [5.74, 6) is 0.579. The molecule has 156 valence electrons. The second-order valence-corrected chi connectivity index (χ2v) is 9.28. The molecule has 0 unspecified atom stereocenters. The summed E-state index contributed by atoms with van der Waals surface area (Å²) < 4.78 is 61.2. The molecule has 1 aromatic rings. The maximum absolute atomic E-state index is 12.6. The summed E-state index contributed by atoms with van der Waals surface area (Å²) in [5.41, 5.74) is -5.25. The molecule has 0 aromatic carbocycles. The first-order valence-electron chi connectivity index (χ1n) is 8.30. The number of aliphatic imine (C=N–C) groups is 1. The standard InChI is InChI=1S/C15H23F3N4O2S2.HI/c1-3-19-14(20-10-13-5-4-11(2)25-13)21-12-6-8-22(9-7-12)26(23,24)15(16,17)18;/h4-5,12H,3,6-10H2,1-2H3,(H2,19,20,21);1H. The van der Waals surface area contributed by atoms with Gasteiger partial charge in [0.05, 0.1) is 6.54 Å². The second kappa shape index (κ2) is 10.3. The molecule has 6 nitrogen and oxygen atoms in total. The summed E-state index contributed by atoms with van der Waals surface area (Å²) in [6.45, 7) is 4.77. The Morgan fingerprint density at radius 3 is 2.44 bits per heavy atom. The van der Waals surface area contributed by atoms with Crippen LogP contribution in [0.25, 0.3) is 0 Å². The molecule has 2 heterocycles. The minimum atomic E-state index is -5.25. The maximum atomic E-state index is 12.6. The number of nitrogens with zero attached hydrogens (tertiary/aromatic N) is 2. The molecular formula is C15H24F3IN4O2S2. The minimum absolute atomic E-state index is 0. The first kappa shape index (κ1) is 24.4. The molecule has 27 heavy (non-hydrogen) atoms. The van der Waals surface area contributed by atoms with Crippen LogP contribution in [0, 0.1) is 6.92 Å². The number of halogens is 4. The number of hydrogen-bond donors (Lipinski definition) is 2. The van der Waals surface area contributed by atoms with Gasteiger partial charge in [0.2, 0.25) is 0 Å². The maximum Gasteiger partial charge on any atom is 0.511 e. The predicted molar refractivity (Wildman–Crippen MR) is 112 cm³/mol. The summed E-state index contributed by atoms with van der Waals surface area (Å²) in [7, 11) is -5.24. The Bertz CT molecular complexity index is 730. The first-order valence-corrected chi connectivity index (χ1v) is 10.6. The molecule has 12 heteroatoms. The van der Waals surface area contributed by atoms with Crippen molar-refractivity contribution in [2.45, 2.75) is 44.8 Å². The van der Waals surface area contributed by atoms with Crippen molar-refractivity contribution >= 4 is 51.3 Å². The minimum Gasteiger partial charge on any atom is -0.357 e. The second-order valence-electron chi connectivity index (χ2n) is 5.98. The lowest BCUT2D eigenvalue weighted by atomic mass is 10.1. The zero-order valence-electron chi connectivity index (χ0n) is 15.0. The lowest BCUT2D eigenvalue weighted by molar-refractivity contribution is -0.0494. The molecule has 0 bridgehead atoms. The first-order chi connectivity index (χ1) is 12.1. The summed E-state index contributed by atoms with van der Waals surface area (Å²) in [5, 5.41) is 6.29. The molecule has 1 fully saturated rings. The van der Waals surface area contributed by atoms with Gasteiger partial charge in [0.15, 0.2) is 5.96 Å². The van der Waals surface area contributed by atoms with Crippen molar-refractivity contribution in [3.8, 4) is 0 Å². The van der Waals surface area contributed by atoms with E-state index in [1.54, 1.807) is 11.3 Å². The van der Waals surface area contributed by atoms with Gasteiger partial charge in [-0.3, -0.25) is 0 Å². The van der Waals surface area contributed by atoms with E-state index in [1.165, 1.54) is 4.88 Å². The summed E-state index contributed by atoms with van der Waals surface area (Å²) >= 11 is 1.66. The molecule has 0 amide bonds. The van der Waals surface area contributed by atoms with Gasteiger partial charge in [-0.1, -0.05) is 0 Å². The van der Waals surface area contributed by atoms with E-state index in [9.17, 15) is 21.6 Å². The largest absolute Gasteiger partial charge is 0.511 e. The Morgan fingerprint density at radius 2 is 1.96 bits per heavy atom. The van der Waals surface area contributed by atoms with Gasteiger partial charge in [-0.25, -0.2) is 13.4 Å². The lowest BCUT2D eigenvalue weighted by Crippen LogP contribution is -2.51. The number of guanidine groups is 1. The van der Waals surface area contributed by atoms with Crippen LogP contribution in [0.1, 0.15) is 29.5 Å². The Kier molecular flexibility index (Phi) is 9.28. The molecule has 1 saturated heterocycles. The number of piperidine rings is 1. The Morgan fingerprint density at radius 1 is 1.33 bits per heavy atom. The van der Waals surface area contributed by atoms with Crippen LogP contribution in [0.3, 0.4) is 0 Å². The number of thiophene rings is 1. The molecule has 2 rings (SSSR count). The molecule has 1 aromatic heterocycles. The number of hydrogen-bond acceptors (Lipinski definition) is 4. The van der Waals surface area contributed by atoms with Crippen molar-refractivity contribution in [3.05, 3.63) is 21.9 Å². The van der Waals surface area contributed by atoms with Crippen LogP contribution in [0.4, 0.5) is 13.2 Å². The Balaban J connectivity index is 0.00000364. The van der Waals surface area contributed by atoms with Crippen LogP contribution in [0.15, 0.2) is 17.1 Å². The molecule has 0 saturated carbocycles. The Labute approximate surface area is 178 Å². The van der Waals surface area contributed by atoms with E-state index in [1.807, 2.05) is 26.0 Å². The lowest BCUT2D eigenvalue weighted by Gasteiger charge is -2.32. The van der Waals surface area contributed by atoms with E-state index >= 15 is 0 Å². The highest BCUT2D eigenvalue weighted by atomic mass is 127. The topological polar surface area (TPSA) is 73.8 Å². The van der Waals surface area contributed by atoms with Gasteiger partial charge >= 0.3 is 15.5 Å². The monoisotopic (exact) mass is 540 g/mol. The highest BCUT2D eigenvalue weighted by molar-refractivity contribution is 14.0. The molecule has 0 radical (unpaired) electrons. The number of alkyl halides is 3. The SMILES string of the molecule is CCNC(=NCc1ccc(C)s1)NC1CCN(S(=O)(=O)C(F)(F)F)CC1.I. The zero-order valence-corrected chi connectivity index (χ0v) is 19.0. The summed E-state index contributed by atoms with van der Waals surface area (Å²) in [4.78, 5) is 6.81.